The van der Waals surface area contributed by atoms with Crippen LogP contribution in [0.15, 0.2) is 36.4 Å². The number of esters is 1. The molecule has 1 aromatic rings. The number of fused-ring (bicyclic) bond motifs is 1. The second-order valence-corrected chi connectivity index (χ2v) is 6.20. The molecule has 1 aliphatic heterocycles. The lowest BCUT2D eigenvalue weighted by atomic mass is 9.85. The van der Waals surface area contributed by atoms with Gasteiger partial charge in [-0.25, -0.2) is 0 Å². The summed E-state index contributed by atoms with van der Waals surface area (Å²) in [6.45, 7) is 2.62. The number of hydrogen-bond donors (Lipinski definition) is 1. The predicted molar refractivity (Wildman–Crippen MR) is 84.4 cm³/mol. The minimum atomic E-state index is -0.487. The highest BCUT2D eigenvalue weighted by atomic mass is 16.5. The molecule has 1 aliphatic carbocycles. The maximum absolute atomic E-state index is 12.4. The molecule has 0 spiro atoms. The Morgan fingerprint density at radius 3 is 2.86 bits per heavy atom. The van der Waals surface area contributed by atoms with E-state index in [2.05, 4.69) is 24.4 Å². The number of nitrogens with one attached hydrogen (secondary N) is 1. The summed E-state index contributed by atoms with van der Waals surface area (Å²) in [4.78, 5) is 24.2. The van der Waals surface area contributed by atoms with E-state index in [0.29, 0.717) is 18.4 Å². The molecule has 0 saturated heterocycles. The summed E-state index contributed by atoms with van der Waals surface area (Å²) >= 11 is 0. The Labute approximate surface area is 130 Å². The quantitative estimate of drug-likeness (QED) is 0.688. The average Bonchev–Trinajstić information content (AvgIpc) is 2.53. The van der Waals surface area contributed by atoms with Crippen LogP contribution < -0.4 is 5.32 Å². The lowest BCUT2D eigenvalue weighted by molar-refractivity contribution is -0.148. The van der Waals surface area contributed by atoms with Gasteiger partial charge in [-0.2, -0.15) is 0 Å². The highest BCUT2D eigenvalue weighted by molar-refractivity contribution is 5.99. The van der Waals surface area contributed by atoms with Crippen molar-refractivity contribution in [1.82, 2.24) is 0 Å². The third-order valence-electron chi connectivity index (χ3n) is 4.64. The Morgan fingerprint density at radius 1 is 1.27 bits per heavy atom. The Kier molecular flexibility index (Phi) is 4.27. The molecular formula is C18H21NO3. The van der Waals surface area contributed by atoms with Crippen LogP contribution >= 0.6 is 0 Å². The molecule has 1 aromatic carbocycles. The van der Waals surface area contributed by atoms with Crippen LogP contribution in [0, 0.1) is 11.8 Å². The van der Waals surface area contributed by atoms with E-state index in [1.54, 1.807) is 0 Å². The number of rotatable bonds is 3. The van der Waals surface area contributed by atoms with Crippen LogP contribution in [0.3, 0.4) is 0 Å². The SMILES string of the molecule is CC1CC=CCC1COC(=O)C1CC(=O)Nc2ccccc21. The first-order valence-electron chi connectivity index (χ1n) is 7.85. The monoisotopic (exact) mass is 299 g/mol. The molecule has 0 fully saturated rings. The van der Waals surface area contributed by atoms with Crippen LogP contribution in [0.4, 0.5) is 5.69 Å². The second-order valence-electron chi connectivity index (χ2n) is 6.20. The van der Waals surface area contributed by atoms with Gasteiger partial charge in [-0.3, -0.25) is 9.59 Å². The van der Waals surface area contributed by atoms with Crippen molar-refractivity contribution in [3.8, 4) is 0 Å². The zero-order chi connectivity index (χ0) is 15.5. The molecule has 4 heteroatoms. The van der Waals surface area contributed by atoms with Crippen molar-refractivity contribution in [2.45, 2.75) is 32.1 Å². The summed E-state index contributed by atoms with van der Waals surface area (Å²) in [7, 11) is 0. The molecule has 3 rings (SSSR count). The molecule has 1 amide bonds. The summed E-state index contributed by atoms with van der Waals surface area (Å²) in [6, 6.07) is 7.43. The molecule has 3 unspecified atom stereocenters. The Bertz CT molecular complexity index is 608. The van der Waals surface area contributed by atoms with E-state index in [1.807, 2.05) is 24.3 Å². The van der Waals surface area contributed by atoms with E-state index in [9.17, 15) is 9.59 Å². The Balaban J connectivity index is 1.67. The highest BCUT2D eigenvalue weighted by Crippen LogP contribution is 2.33. The van der Waals surface area contributed by atoms with Crippen LogP contribution in [-0.2, 0) is 14.3 Å². The Hall–Kier alpha value is -2.10. The zero-order valence-corrected chi connectivity index (χ0v) is 12.7. The molecule has 3 atom stereocenters. The van der Waals surface area contributed by atoms with E-state index in [-0.39, 0.29) is 18.3 Å². The number of para-hydroxylation sites is 1. The van der Waals surface area contributed by atoms with Gasteiger partial charge in [-0.05, 0) is 36.3 Å². The number of hydrogen-bond acceptors (Lipinski definition) is 3. The Morgan fingerprint density at radius 2 is 2.05 bits per heavy atom. The fraction of sp³-hybridized carbons (Fsp3) is 0.444. The van der Waals surface area contributed by atoms with Gasteiger partial charge in [0.25, 0.3) is 0 Å². The van der Waals surface area contributed by atoms with Crippen molar-refractivity contribution in [2.24, 2.45) is 11.8 Å². The van der Waals surface area contributed by atoms with Gasteiger partial charge >= 0.3 is 5.97 Å². The first kappa shape index (κ1) is 14.8. The fourth-order valence-electron chi connectivity index (χ4n) is 3.15. The van der Waals surface area contributed by atoms with Gasteiger partial charge in [0.1, 0.15) is 0 Å². The van der Waals surface area contributed by atoms with E-state index >= 15 is 0 Å². The summed E-state index contributed by atoms with van der Waals surface area (Å²) in [6.07, 6.45) is 6.50. The van der Waals surface area contributed by atoms with E-state index in [0.717, 1.165) is 24.1 Å². The molecule has 0 saturated carbocycles. The number of benzene rings is 1. The fourth-order valence-corrected chi connectivity index (χ4v) is 3.15. The molecule has 4 nitrogen and oxygen atoms in total. The van der Waals surface area contributed by atoms with Gasteiger partial charge in [0.2, 0.25) is 5.91 Å². The van der Waals surface area contributed by atoms with Crippen LogP contribution in [0.2, 0.25) is 0 Å². The predicted octanol–water partition coefficient (Wildman–Crippen LogP) is 3.26. The molecule has 116 valence electrons. The van der Waals surface area contributed by atoms with E-state index in [1.165, 1.54) is 0 Å². The first-order valence-corrected chi connectivity index (χ1v) is 7.85. The maximum atomic E-state index is 12.4. The van der Waals surface area contributed by atoms with Gasteiger partial charge < -0.3 is 10.1 Å². The van der Waals surface area contributed by atoms with Crippen molar-refractivity contribution in [1.29, 1.82) is 0 Å². The number of allylic oxidation sites excluding steroid dienone is 2. The molecule has 1 heterocycles. The number of carbonyl (C=O) groups is 2. The molecule has 2 aliphatic rings. The van der Waals surface area contributed by atoms with Crippen LogP contribution in [-0.4, -0.2) is 18.5 Å². The summed E-state index contributed by atoms with van der Waals surface area (Å²) in [5, 5.41) is 2.80. The lowest BCUT2D eigenvalue weighted by Crippen LogP contribution is -2.30. The summed E-state index contributed by atoms with van der Waals surface area (Å²) in [5.41, 5.74) is 1.57. The second kappa shape index (κ2) is 6.34. The van der Waals surface area contributed by atoms with Crippen molar-refractivity contribution < 1.29 is 14.3 Å². The highest BCUT2D eigenvalue weighted by Gasteiger charge is 2.32. The van der Waals surface area contributed by atoms with Crippen molar-refractivity contribution in [3.63, 3.8) is 0 Å². The largest absolute Gasteiger partial charge is 0.465 e. The molecule has 1 N–H and O–H groups in total. The summed E-state index contributed by atoms with van der Waals surface area (Å²) < 4.78 is 5.54. The van der Waals surface area contributed by atoms with Gasteiger partial charge in [0.05, 0.1) is 12.5 Å². The lowest BCUT2D eigenvalue weighted by Gasteiger charge is -2.27. The minimum absolute atomic E-state index is 0.130. The number of anilines is 1. The van der Waals surface area contributed by atoms with Gasteiger partial charge in [0.15, 0.2) is 0 Å². The molecule has 22 heavy (non-hydrogen) atoms. The molecule has 0 bridgehead atoms. The van der Waals surface area contributed by atoms with Gasteiger partial charge in [0, 0.05) is 12.1 Å². The van der Waals surface area contributed by atoms with Crippen LogP contribution in [0.25, 0.3) is 0 Å². The number of carbonyl (C=O) groups excluding carboxylic acids is 2. The zero-order valence-electron chi connectivity index (χ0n) is 12.7. The van der Waals surface area contributed by atoms with Gasteiger partial charge in [-0.1, -0.05) is 37.3 Å². The number of ether oxygens (including phenoxy) is 1. The average molecular weight is 299 g/mol. The van der Waals surface area contributed by atoms with Crippen LogP contribution in [0.1, 0.15) is 37.7 Å². The smallest absolute Gasteiger partial charge is 0.314 e. The first-order chi connectivity index (χ1) is 10.6. The molecular weight excluding hydrogens is 278 g/mol. The van der Waals surface area contributed by atoms with E-state index in [4.69, 9.17) is 4.74 Å². The van der Waals surface area contributed by atoms with Gasteiger partial charge in [-0.15, -0.1) is 0 Å². The van der Waals surface area contributed by atoms with Crippen molar-refractivity contribution in [2.75, 3.05) is 11.9 Å². The van der Waals surface area contributed by atoms with Crippen molar-refractivity contribution >= 4 is 17.6 Å². The normalized spacial score (nSPS) is 27.0. The summed E-state index contributed by atoms with van der Waals surface area (Å²) in [5.74, 6) is -0.000545. The standard InChI is InChI=1S/C18H21NO3/c1-12-6-2-3-7-13(12)11-22-18(21)15-10-17(20)19-16-9-5-4-8-14(15)16/h2-5,8-9,12-13,15H,6-7,10-11H2,1H3,(H,19,20). The topological polar surface area (TPSA) is 55.4 Å². The minimum Gasteiger partial charge on any atom is -0.465 e. The van der Waals surface area contributed by atoms with Crippen molar-refractivity contribution in [3.05, 3.63) is 42.0 Å². The third-order valence-corrected chi connectivity index (χ3v) is 4.64. The van der Waals surface area contributed by atoms with E-state index < -0.39 is 5.92 Å². The maximum Gasteiger partial charge on any atom is 0.314 e. The van der Waals surface area contributed by atoms with Crippen LogP contribution in [0.5, 0.6) is 0 Å². The molecule has 0 aromatic heterocycles. The third kappa shape index (κ3) is 3.06. The molecule has 0 radical (unpaired) electrons. The number of amides is 1.